The fourth-order valence-electron chi connectivity index (χ4n) is 11.7. The number of nitrogens with zero attached hydrogens (tertiary/aromatic N) is 2. The van der Waals surface area contributed by atoms with Crippen LogP contribution in [0.25, 0.3) is 44.5 Å². The van der Waals surface area contributed by atoms with Crippen LogP contribution in [-0.2, 0) is 10.8 Å². The molecule has 1 aliphatic heterocycles. The predicted molar refractivity (Wildman–Crippen MR) is 275 cm³/mol. The topological polar surface area (TPSA) is 24.7 Å². The Morgan fingerprint density at radius 2 is 0.879 bits per heavy atom. The van der Waals surface area contributed by atoms with Gasteiger partial charge in [0.05, 0.1) is 17.2 Å². The molecule has 9 aromatic rings. The van der Waals surface area contributed by atoms with Gasteiger partial charge in [-0.2, -0.15) is 0 Å². The first-order chi connectivity index (χ1) is 32.4. The number of amidine groups is 1. The third kappa shape index (κ3) is 6.16. The second-order valence-corrected chi connectivity index (χ2v) is 18.7. The van der Waals surface area contributed by atoms with E-state index in [2.05, 4.69) is 245 Å². The van der Waals surface area contributed by atoms with Gasteiger partial charge in [0, 0.05) is 16.9 Å². The largest absolute Gasteiger partial charge is 0.257 e. The van der Waals surface area contributed by atoms with E-state index in [-0.39, 0.29) is 17.4 Å². The van der Waals surface area contributed by atoms with E-state index in [1.807, 2.05) is 0 Å². The molecule has 2 aliphatic carbocycles. The van der Waals surface area contributed by atoms with Crippen LogP contribution in [0.4, 0.5) is 0 Å². The molecule has 0 aromatic heterocycles. The quantitative estimate of drug-likeness (QED) is 0.146. The van der Waals surface area contributed by atoms with Crippen LogP contribution in [0.2, 0.25) is 0 Å². The average Bonchev–Trinajstić information content (AvgIpc) is 3.81. The van der Waals surface area contributed by atoms with Crippen molar-refractivity contribution in [3.8, 4) is 44.5 Å². The molecule has 0 radical (unpaired) electrons. The summed E-state index contributed by atoms with van der Waals surface area (Å²) in [7, 11) is 0. The zero-order valence-corrected chi connectivity index (χ0v) is 37.6. The first kappa shape index (κ1) is 39.9. The van der Waals surface area contributed by atoms with Crippen molar-refractivity contribution in [1.82, 2.24) is 0 Å². The summed E-state index contributed by atoms with van der Waals surface area (Å²) >= 11 is 0. The zero-order valence-electron chi connectivity index (χ0n) is 37.6. The van der Waals surface area contributed by atoms with Crippen molar-refractivity contribution >= 4 is 11.5 Å². The minimum Gasteiger partial charge on any atom is -0.257 e. The second kappa shape index (κ2) is 15.8. The van der Waals surface area contributed by atoms with Crippen molar-refractivity contribution in [2.75, 3.05) is 0 Å². The van der Waals surface area contributed by atoms with Crippen molar-refractivity contribution in [2.24, 2.45) is 15.9 Å². The zero-order chi connectivity index (χ0) is 44.4. The van der Waals surface area contributed by atoms with Gasteiger partial charge in [-0.15, -0.1) is 0 Å². The van der Waals surface area contributed by atoms with Gasteiger partial charge in [0.15, 0.2) is 5.84 Å². The van der Waals surface area contributed by atoms with Gasteiger partial charge in [-0.3, -0.25) is 4.99 Å². The average molecular weight is 847 g/mol. The van der Waals surface area contributed by atoms with Crippen LogP contribution in [0.3, 0.4) is 0 Å². The minimum absolute atomic E-state index is 0.0234. The Morgan fingerprint density at radius 3 is 1.52 bits per heavy atom. The van der Waals surface area contributed by atoms with E-state index in [0.717, 1.165) is 29.1 Å². The molecule has 2 nitrogen and oxygen atoms in total. The summed E-state index contributed by atoms with van der Waals surface area (Å²) in [6.45, 7) is 7.03. The van der Waals surface area contributed by atoms with Gasteiger partial charge in [0.1, 0.15) is 0 Å². The Kier molecular flexibility index (Phi) is 9.54. The number of rotatable bonds is 8. The van der Waals surface area contributed by atoms with E-state index in [4.69, 9.17) is 9.98 Å². The van der Waals surface area contributed by atoms with E-state index < -0.39 is 5.41 Å². The predicted octanol–water partition coefficient (Wildman–Crippen LogP) is 15.7. The van der Waals surface area contributed by atoms with Gasteiger partial charge in [-0.1, -0.05) is 227 Å². The molecule has 2 heteroatoms. The van der Waals surface area contributed by atoms with Crippen LogP contribution >= 0.6 is 0 Å². The highest BCUT2D eigenvalue weighted by atomic mass is 15.0. The third-order valence-corrected chi connectivity index (χ3v) is 14.8. The van der Waals surface area contributed by atoms with Crippen LogP contribution in [0.15, 0.2) is 234 Å². The number of aliphatic imine (C=N–C) groups is 2. The molecular weight excluding hydrogens is 797 g/mol. The lowest BCUT2D eigenvalue weighted by atomic mass is 9.67. The lowest BCUT2D eigenvalue weighted by molar-refractivity contribution is 0.533. The molecule has 12 rings (SSSR count). The van der Waals surface area contributed by atoms with Gasteiger partial charge in [0.25, 0.3) is 0 Å². The summed E-state index contributed by atoms with van der Waals surface area (Å²) in [5.74, 6) is 0.790. The molecule has 2 unspecified atom stereocenters. The fraction of sp³-hybridized carbons (Fsp3) is 0.125. The SMILES string of the molecule is CCC1C(c2ccccc2)=NC(c2ccc(-c3ccccc3)cc2)=NC1c1cc2c(cc1-c1ccc3c(c1)-c1ccccc1C3(C)C)C(c1ccccc1)(c1ccccc1)c1ccccc1-2. The van der Waals surface area contributed by atoms with Gasteiger partial charge >= 0.3 is 0 Å². The Balaban J connectivity index is 1.15. The summed E-state index contributed by atoms with van der Waals surface area (Å²) < 4.78 is 0. The van der Waals surface area contributed by atoms with E-state index in [1.54, 1.807) is 0 Å². The smallest absolute Gasteiger partial charge is 0.155 e. The lowest BCUT2D eigenvalue weighted by Crippen LogP contribution is -2.30. The summed E-state index contributed by atoms with van der Waals surface area (Å²) in [5.41, 5.74) is 21.6. The van der Waals surface area contributed by atoms with Crippen LogP contribution in [-0.4, -0.2) is 11.5 Å². The molecule has 0 saturated heterocycles. The molecule has 0 N–H and O–H groups in total. The molecule has 0 amide bonds. The molecule has 66 heavy (non-hydrogen) atoms. The highest BCUT2D eigenvalue weighted by Gasteiger charge is 2.47. The Morgan fingerprint density at radius 1 is 0.394 bits per heavy atom. The summed E-state index contributed by atoms with van der Waals surface area (Å²) in [6, 6.07) is 82.7. The maximum absolute atomic E-state index is 5.83. The molecule has 0 saturated carbocycles. The van der Waals surface area contributed by atoms with Crippen LogP contribution in [0, 0.1) is 5.92 Å². The fourth-order valence-corrected chi connectivity index (χ4v) is 11.7. The molecular formula is C64H50N2. The van der Waals surface area contributed by atoms with Crippen molar-refractivity contribution in [3.63, 3.8) is 0 Å². The summed E-state index contributed by atoms with van der Waals surface area (Å²) in [5, 5.41) is 0. The number of benzene rings is 9. The molecule has 316 valence electrons. The first-order valence-corrected chi connectivity index (χ1v) is 23.5. The number of hydrogen-bond donors (Lipinski definition) is 0. The monoisotopic (exact) mass is 846 g/mol. The highest BCUT2D eigenvalue weighted by molar-refractivity contribution is 6.15. The maximum Gasteiger partial charge on any atom is 0.155 e. The van der Waals surface area contributed by atoms with E-state index in [9.17, 15) is 0 Å². The normalized spacial score (nSPS) is 17.2. The highest BCUT2D eigenvalue weighted by Crippen LogP contribution is 2.59. The molecule has 3 aliphatic rings. The van der Waals surface area contributed by atoms with Crippen molar-refractivity contribution in [2.45, 2.75) is 44.1 Å². The summed E-state index contributed by atoms with van der Waals surface area (Å²) in [6.07, 6.45) is 0.874. The van der Waals surface area contributed by atoms with Crippen molar-refractivity contribution in [1.29, 1.82) is 0 Å². The Hall–Kier alpha value is -7.68. The second-order valence-electron chi connectivity index (χ2n) is 18.7. The van der Waals surface area contributed by atoms with Crippen LogP contribution in [0.1, 0.15) is 83.3 Å². The molecule has 0 bridgehead atoms. The molecule has 1 heterocycles. The summed E-state index contributed by atoms with van der Waals surface area (Å²) in [4.78, 5) is 11.4. The van der Waals surface area contributed by atoms with Crippen molar-refractivity contribution < 1.29 is 0 Å². The number of hydrogen-bond acceptors (Lipinski definition) is 2. The number of fused-ring (bicyclic) bond motifs is 6. The first-order valence-electron chi connectivity index (χ1n) is 23.5. The van der Waals surface area contributed by atoms with Gasteiger partial charge < -0.3 is 0 Å². The minimum atomic E-state index is -0.546. The molecule has 0 fully saturated rings. The van der Waals surface area contributed by atoms with Crippen LogP contribution in [0.5, 0.6) is 0 Å². The maximum atomic E-state index is 5.83. The van der Waals surface area contributed by atoms with Crippen LogP contribution < -0.4 is 0 Å². The van der Waals surface area contributed by atoms with Gasteiger partial charge in [0.2, 0.25) is 0 Å². The van der Waals surface area contributed by atoms with E-state index in [0.29, 0.717) is 0 Å². The van der Waals surface area contributed by atoms with Crippen molar-refractivity contribution in [3.05, 3.63) is 275 Å². The lowest BCUT2D eigenvalue weighted by Gasteiger charge is -2.35. The standard InChI is InChI=1S/C64H50N2/c1-4-49-60(44-23-11-6-12-24-44)65-62(45-35-33-43(34-36-45)42-21-9-5-10-22-42)66-61(49)55-40-54-51-30-18-20-32-58(51)64(47-25-13-7-14-26-47,48-27-15-8-16-28-48)59(54)41-52(55)46-37-38-57-53(39-46)50-29-17-19-31-56(50)63(57,2)3/h5-41,49,61H,4H2,1-3H3. The Bertz CT molecular complexity index is 3310. The molecule has 9 aromatic carbocycles. The van der Waals surface area contributed by atoms with E-state index >= 15 is 0 Å². The van der Waals surface area contributed by atoms with Gasteiger partial charge in [-0.25, -0.2) is 4.99 Å². The van der Waals surface area contributed by atoms with E-state index in [1.165, 1.54) is 83.5 Å². The molecule has 0 spiro atoms. The molecule has 2 atom stereocenters. The Labute approximate surface area is 388 Å². The van der Waals surface area contributed by atoms with Gasteiger partial charge in [-0.05, 0) is 114 Å². The third-order valence-electron chi connectivity index (χ3n) is 14.8.